The summed E-state index contributed by atoms with van der Waals surface area (Å²) >= 11 is 0. The fourth-order valence-corrected chi connectivity index (χ4v) is 4.89. The van der Waals surface area contributed by atoms with Crippen molar-refractivity contribution in [3.8, 4) is 5.75 Å². The molecule has 0 aliphatic heterocycles. The smallest absolute Gasteiger partial charge is 0.119 e. The lowest BCUT2D eigenvalue weighted by Crippen LogP contribution is -2.34. The Balaban J connectivity index is 1.88. The molecule has 1 saturated carbocycles. The summed E-state index contributed by atoms with van der Waals surface area (Å²) in [5, 5.41) is 10.2. The third-order valence-corrected chi connectivity index (χ3v) is 6.08. The molecule has 1 aromatic rings. The highest BCUT2D eigenvalue weighted by molar-refractivity contribution is 5.56. The summed E-state index contributed by atoms with van der Waals surface area (Å²) in [6.07, 6.45) is 8.43. The van der Waals surface area contributed by atoms with Crippen LogP contribution >= 0.6 is 0 Å². The zero-order valence-electron chi connectivity index (χ0n) is 13.6. The molecule has 0 amide bonds. The molecular weight excluding hydrogens is 272 g/mol. The monoisotopic (exact) mass is 296 g/mol. The van der Waals surface area contributed by atoms with Gasteiger partial charge in [-0.1, -0.05) is 36.3 Å². The first kappa shape index (κ1) is 14.1. The second kappa shape index (κ2) is 4.48. The molecule has 0 unspecified atom stereocenters. The Morgan fingerprint density at radius 1 is 1.14 bits per heavy atom. The fourth-order valence-electron chi connectivity index (χ4n) is 4.89. The first-order valence-corrected chi connectivity index (χ1v) is 8.25. The molecule has 1 fully saturated rings. The number of aryl methyl sites for hydroxylation is 1. The minimum absolute atomic E-state index is 0.0151. The Morgan fingerprint density at radius 2 is 1.95 bits per heavy atom. The molecule has 0 radical (unpaired) electrons. The minimum Gasteiger partial charge on any atom is -0.497 e. The number of fused-ring (bicyclic) bond motifs is 4. The Hall–Kier alpha value is -1.54. The molecule has 1 N–H and O–H groups in total. The van der Waals surface area contributed by atoms with Gasteiger partial charge in [-0.2, -0.15) is 0 Å². The average molecular weight is 296 g/mol. The average Bonchev–Trinajstić information content (AvgIpc) is 2.81. The number of allylic oxidation sites excluding steroid dienone is 3. The molecule has 22 heavy (non-hydrogen) atoms. The minimum atomic E-state index is -0.184. The van der Waals surface area contributed by atoms with Gasteiger partial charge in [-0.3, -0.25) is 0 Å². The van der Waals surface area contributed by atoms with Gasteiger partial charge in [0.1, 0.15) is 5.75 Å². The van der Waals surface area contributed by atoms with Crippen LogP contribution in [0.3, 0.4) is 0 Å². The number of methoxy groups -OCH3 is 1. The molecule has 3 atom stereocenters. The maximum absolute atomic E-state index is 10.2. The van der Waals surface area contributed by atoms with E-state index < -0.39 is 0 Å². The van der Waals surface area contributed by atoms with Crippen LogP contribution in [0.1, 0.15) is 44.2 Å². The predicted molar refractivity (Wildman–Crippen MR) is 88.2 cm³/mol. The highest BCUT2D eigenvalue weighted by atomic mass is 16.5. The van der Waals surface area contributed by atoms with Gasteiger partial charge in [0, 0.05) is 10.8 Å². The number of aliphatic hydroxyl groups is 1. The molecule has 2 nitrogen and oxygen atoms in total. The number of rotatable bonds is 1. The van der Waals surface area contributed by atoms with Crippen molar-refractivity contribution in [3.63, 3.8) is 0 Å². The zero-order chi connectivity index (χ0) is 15.5. The van der Waals surface area contributed by atoms with Gasteiger partial charge in [0.05, 0.1) is 13.2 Å². The SMILES string of the molecule is COc1ccc2c(c1)CCC1=C3C[C@@H](O)C[C@@]3(C)C=C[C@]12C. The van der Waals surface area contributed by atoms with Gasteiger partial charge in [-0.05, 0) is 55.9 Å². The van der Waals surface area contributed by atoms with Gasteiger partial charge in [-0.15, -0.1) is 0 Å². The van der Waals surface area contributed by atoms with Crippen LogP contribution in [-0.4, -0.2) is 18.3 Å². The Morgan fingerprint density at radius 3 is 2.73 bits per heavy atom. The third-order valence-electron chi connectivity index (χ3n) is 6.08. The molecular formula is C20H24O2. The van der Waals surface area contributed by atoms with Gasteiger partial charge in [0.25, 0.3) is 0 Å². The van der Waals surface area contributed by atoms with Gasteiger partial charge in [-0.25, -0.2) is 0 Å². The van der Waals surface area contributed by atoms with Gasteiger partial charge < -0.3 is 9.84 Å². The molecule has 2 heteroatoms. The molecule has 4 rings (SSSR count). The van der Waals surface area contributed by atoms with Gasteiger partial charge in [0.15, 0.2) is 0 Å². The van der Waals surface area contributed by atoms with E-state index in [9.17, 15) is 5.11 Å². The lowest BCUT2D eigenvalue weighted by Gasteiger charge is -2.44. The summed E-state index contributed by atoms with van der Waals surface area (Å²) in [4.78, 5) is 0. The van der Waals surface area contributed by atoms with Crippen molar-refractivity contribution in [2.45, 2.75) is 51.0 Å². The highest BCUT2D eigenvalue weighted by Crippen LogP contribution is 2.56. The van der Waals surface area contributed by atoms with E-state index in [-0.39, 0.29) is 16.9 Å². The first-order chi connectivity index (χ1) is 10.5. The molecule has 116 valence electrons. The van der Waals surface area contributed by atoms with Gasteiger partial charge in [0.2, 0.25) is 0 Å². The van der Waals surface area contributed by atoms with Crippen LogP contribution < -0.4 is 4.74 Å². The van der Waals surface area contributed by atoms with Crippen LogP contribution in [0.5, 0.6) is 5.75 Å². The van der Waals surface area contributed by atoms with Crippen molar-refractivity contribution in [2.75, 3.05) is 7.11 Å². The summed E-state index contributed by atoms with van der Waals surface area (Å²) in [5.74, 6) is 0.944. The van der Waals surface area contributed by atoms with E-state index in [1.165, 1.54) is 16.7 Å². The second-order valence-corrected chi connectivity index (χ2v) is 7.50. The normalized spacial score (nSPS) is 35.9. The molecule has 0 saturated heterocycles. The van der Waals surface area contributed by atoms with Crippen molar-refractivity contribution in [2.24, 2.45) is 5.41 Å². The Bertz CT molecular complexity index is 700. The van der Waals surface area contributed by atoms with Crippen LogP contribution in [0.2, 0.25) is 0 Å². The van der Waals surface area contributed by atoms with Crippen LogP contribution in [-0.2, 0) is 11.8 Å². The van der Waals surface area contributed by atoms with E-state index >= 15 is 0 Å². The topological polar surface area (TPSA) is 29.5 Å². The molecule has 0 heterocycles. The number of hydrogen-bond donors (Lipinski definition) is 1. The highest BCUT2D eigenvalue weighted by Gasteiger charge is 2.47. The number of ether oxygens (including phenoxy) is 1. The van der Waals surface area contributed by atoms with Crippen molar-refractivity contribution < 1.29 is 9.84 Å². The number of benzene rings is 1. The Kier molecular flexibility index (Phi) is 2.87. The van der Waals surface area contributed by atoms with Crippen LogP contribution in [0.4, 0.5) is 0 Å². The molecule has 3 aliphatic carbocycles. The predicted octanol–water partition coefficient (Wildman–Crippen LogP) is 3.93. The number of hydrogen-bond acceptors (Lipinski definition) is 2. The zero-order valence-corrected chi connectivity index (χ0v) is 13.6. The van der Waals surface area contributed by atoms with Crippen LogP contribution in [0.25, 0.3) is 0 Å². The summed E-state index contributed by atoms with van der Waals surface area (Å²) in [6.45, 7) is 4.62. The summed E-state index contributed by atoms with van der Waals surface area (Å²) in [7, 11) is 1.73. The number of aliphatic hydroxyl groups excluding tert-OH is 1. The summed E-state index contributed by atoms with van der Waals surface area (Å²) in [5.41, 5.74) is 5.90. The first-order valence-electron chi connectivity index (χ1n) is 8.25. The van der Waals surface area contributed by atoms with Crippen molar-refractivity contribution >= 4 is 0 Å². The largest absolute Gasteiger partial charge is 0.497 e. The van der Waals surface area contributed by atoms with Crippen molar-refractivity contribution in [1.82, 2.24) is 0 Å². The molecule has 0 aromatic heterocycles. The summed E-state index contributed by atoms with van der Waals surface area (Å²) in [6, 6.07) is 6.49. The van der Waals surface area contributed by atoms with E-state index in [1.54, 1.807) is 12.7 Å². The maximum atomic E-state index is 10.2. The molecule has 1 aromatic carbocycles. The van der Waals surface area contributed by atoms with E-state index in [2.05, 4.69) is 44.2 Å². The maximum Gasteiger partial charge on any atom is 0.119 e. The lowest BCUT2D eigenvalue weighted by molar-refractivity contribution is 0.172. The van der Waals surface area contributed by atoms with E-state index in [0.717, 1.165) is 31.4 Å². The molecule has 0 bridgehead atoms. The van der Waals surface area contributed by atoms with Crippen molar-refractivity contribution in [1.29, 1.82) is 0 Å². The van der Waals surface area contributed by atoms with E-state index in [4.69, 9.17) is 4.74 Å². The van der Waals surface area contributed by atoms with E-state index in [0.29, 0.717) is 0 Å². The third kappa shape index (κ3) is 1.77. The van der Waals surface area contributed by atoms with Crippen LogP contribution in [0.15, 0.2) is 41.5 Å². The molecule has 0 spiro atoms. The quantitative estimate of drug-likeness (QED) is 0.796. The van der Waals surface area contributed by atoms with Crippen LogP contribution in [0, 0.1) is 5.41 Å². The second-order valence-electron chi connectivity index (χ2n) is 7.50. The van der Waals surface area contributed by atoms with Crippen molar-refractivity contribution in [3.05, 3.63) is 52.6 Å². The summed E-state index contributed by atoms with van der Waals surface area (Å²) < 4.78 is 5.39. The lowest BCUT2D eigenvalue weighted by atomic mass is 9.60. The Labute approximate surface area is 132 Å². The fraction of sp³-hybridized carbons (Fsp3) is 0.500. The molecule has 3 aliphatic rings. The van der Waals surface area contributed by atoms with E-state index in [1.807, 2.05) is 0 Å². The standard InChI is InChI=1S/C20H24O2/c1-19-8-9-20(2)16-7-5-15(22-3)10-13(16)4-6-17(20)18(19)11-14(21)12-19/h5,7-10,14,21H,4,6,11-12H2,1-3H3/t14-,19-,20+/m1/s1. The van der Waals surface area contributed by atoms with Gasteiger partial charge >= 0.3 is 0 Å².